The number of benzene rings is 11. The Balaban J connectivity index is 0.969. The lowest BCUT2D eigenvalue weighted by Crippen LogP contribution is -2.36. The van der Waals surface area contributed by atoms with Crippen LogP contribution in [-0.4, -0.2) is 0 Å². The Kier molecular flexibility index (Phi) is 9.33. The molecule has 1 aliphatic heterocycles. The summed E-state index contributed by atoms with van der Waals surface area (Å²) in [6.45, 7) is 0. The van der Waals surface area contributed by atoms with Crippen LogP contribution >= 0.6 is 11.3 Å². The molecule has 1 spiro atoms. The van der Waals surface area contributed by atoms with Crippen molar-refractivity contribution in [3.63, 3.8) is 0 Å². The first kappa shape index (κ1) is 40.3. The maximum atomic E-state index is 2.45. The zero-order valence-corrected chi connectivity index (χ0v) is 39.0. The van der Waals surface area contributed by atoms with Gasteiger partial charge in [-0.25, -0.2) is 0 Å². The van der Waals surface area contributed by atoms with Gasteiger partial charge in [0.2, 0.25) is 0 Å². The molecule has 0 fully saturated rings. The van der Waals surface area contributed by atoms with Crippen LogP contribution in [0.25, 0.3) is 64.7 Å². The monoisotopic (exact) mass is 908 g/mol. The first-order valence-electron chi connectivity index (χ1n) is 24.1. The fraction of sp³-hybridized carbons (Fsp3) is 0.0149. The van der Waals surface area contributed by atoms with Crippen LogP contribution in [0.1, 0.15) is 22.3 Å². The lowest BCUT2D eigenvalue weighted by Gasteiger charge is -2.45. The van der Waals surface area contributed by atoms with Crippen molar-refractivity contribution in [2.24, 2.45) is 0 Å². The van der Waals surface area contributed by atoms with Crippen molar-refractivity contribution in [3.05, 3.63) is 289 Å². The molecule has 70 heavy (non-hydrogen) atoms. The predicted octanol–water partition coefficient (Wildman–Crippen LogP) is 18.7. The third-order valence-corrected chi connectivity index (χ3v) is 16.0. The second-order valence-electron chi connectivity index (χ2n) is 18.3. The fourth-order valence-corrected chi connectivity index (χ4v) is 13.1. The Hall–Kier alpha value is -8.76. The van der Waals surface area contributed by atoms with Crippen LogP contribution in [0.2, 0.25) is 0 Å². The van der Waals surface area contributed by atoms with Gasteiger partial charge in [-0.2, -0.15) is 0 Å². The summed E-state index contributed by atoms with van der Waals surface area (Å²) >= 11 is 1.91. The van der Waals surface area contributed by atoms with Crippen molar-refractivity contribution in [2.75, 3.05) is 9.80 Å². The van der Waals surface area contributed by atoms with Gasteiger partial charge in [-0.1, -0.05) is 212 Å². The van der Waals surface area contributed by atoms with E-state index in [-0.39, 0.29) is 0 Å². The first-order valence-corrected chi connectivity index (χ1v) is 24.9. The lowest BCUT2D eigenvalue weighted by molar-refractivity contribution is 0.753. The minimum atomic E-state index is -0.533. The Morgan fingerprint density at radius 3 is 1.37 bits per heavy atom. The van der Waals surface area contributed by atoms with Crippen molar-refractivity contribution in [1.82, 2.24) is 0 Å². The van der Waals surface area contributed by atoms with Crippen molar-refractivity contribution < 1.29 is 0 Å². The van der Waals surface area contributed by atoms with Gasteiger partial charge in [-0.15, -0.1) is 11.3 Å². The van der Waals surface area contributed by atoms with Crippen LogP contribution in [0.15, 0.2) is 267 Å². The highest BCUT2D eigenvalue weighted by Gasteiger charge is 2.52. The molecule has 0 saturated heterocycles. The third kappa shape index (κ3) is 6.05. The molecule has 328 valence electrons. The molecule has 0 radical (unpaired) electrons. The molecule has 1 aliphatic carbocycles. The van der Waals surface area contributed by atoms with Crippen molar-refractivity contribution in [2.45, 2.75) is 5.41 Å². The van der Waals surface area contributed by atoms with Gasteiger partial charge in [0.25, 0.3) is 0 Å². The maximum Gasteiger partial charge on any atom is 0.0754 e. The second kappa shape index (κ2) is 16.2. The zero-order valence-electron chi connectivity index (χ0n) is 38.2. The highest BCUT2D eigenvalue weighted by Crippen LogP contribution is 2.65. The number of hydrogen-bond acceptors (Lipinski definition) is 3. The smallest absolute Gasteiger partial charge is 0.0754 e. The molecule has 11 aromatic carbocycles. The summed E-state index contributed by atoms with van der Waals surface area (Å²) in [5.41, 5.74) is 21.5. The summed E-state index contributed by atoms with van der Waals surface area (Å²) in [6, 6.07) is 98.3. The number of para-hydroxylation sites is 3. The Morgan fingerprint density at radius 2 is 0.757 bits per heavy atom. The van der Waals surface area contributed by atoms with Gasteiger partial charge >= 0.3 is 0 Å². The van der Waals surface area contributed by atoms with Gasteiger partial charge in [-0.05, 0) is 116 Å². The quantitative estimate of drug-likeness (QED) is 0.157. The van der Waals surface area contributed by atoms with Gasteiger partial charge in [0.15, 0.2) is 0 Å². The van der Waals surface area contributed by atoms with Gasteiger partial charge < -0.3 is 9.80 Å². The van der Waals surface area contributed by atoms with Crippen molar-refractivity contribution in [3.8, 4) is 44.5 Å². The zero-order chi connectivity index (χ0) is 46.2. The van der Waals surface area contributed by atoms with Crippen molar-refractivity contribution >= 4 is 65.6 Å². The topological polar surface area (TPSA) is 6.48 Å². The molecule has 0 bridgehead atoms. The van der Waals surface area contributed by atoms with Gasteiger partial charge in [-0.3, -0.25) is 0 Å². The number of nitrogens with zero attached hydrogens (tertiary/aromatic N) is 2. The van der Waals surface area contributed by atoms with E-state index in [0.29, 0.717) is 0 Å². The van der Waals surface area contributed by atoms with E-state index in [9.17, 15) is 0 Å². The summed E-state index contributed by atoms with van der Waals surface area (Å²) in [4.78, 5) is 4.90. The number of thiophene rings is 1. The summed E-state index contributed by atoms with van der Waals surface area (Å²) in [5.74, 6) is 0. The van der Waals surface area contributed by atoms with Crippen molar-refractivity contribution in [1.29, 1.82) is 0 Å². The predicted molar refractivity (Wildman–Crippen MR) is 296 cm³/mol. The van der Waals surface area contributed by atoms with E-state index in [2.05, 4.69) is 277 Å². The van der Waals surface area contributed by atoms with Crippen LogP contribution in [0.4, 0.5) is 34.1 Å². The molecule has 1 aromatic heterocycles. The molecule has 0 amide bonds. The van der Waals surface area contributed by atoms with Gasteiger partial charge in [0, 0.05) is 38.1 Å². The fourth-order valence-electron chi connectivity index (χ4n) is 11.7. The van der Waals surface area contributed by atoms with E-state index < -0.39 is 5.41 Å². The molecule has 0 saturated carbocycles. The highest BCUT2D eigenvalue weighted by molar-refractivity contribution is 7.27. The van der Waals surface area contributed by atoms with Gasteiger partial charge in [0.05, 0.1) is 27.2 Å². The summed E-state index contributed by atoms with van der Waals surface area (Å²) in [7, 11) is 0. The molecule has 12 aromatic rings. The minimum absolute atomic E-state index is 0.533. The van der Waals surface area contributed by atoms with E-state index in [1.165, 1.54) is 98.3 Å². The first-order chi connectivity index (χ1) is 34.8. The molecule has 0 unspecified atom stereocenters. The molecule has 2 heterocycles. The molecule has 2 nitrogen and oxygen atoms in total. The molecule has 14 rings (SSSR count). The summed E-state index contributed by atoms with van der Waals surface area (Å²) in [6.07, 6.45) is 0. The summed E-state index contributed by atoms with van der Waals surface area (Å²) in [5, 5.41) is 2.52. The number of rotatable bonds is 7. The second-order valence-corrected chi connectivity index (χ2v) is 19.3. The van der Waals surface area contributed by atoms with E-state index in [1.54, 1.807) is 0 Å². The van der Waals surface area contributed by atoms with Gasteiger partial charge in [0.1, 0.15) is 0 Å². The average molecular weight is 909 g/mol. The van der Waals surface area contributed by atoms with Crippen LogP contribution in [0, 0.1) is 0 Å². The Labute approximate surface area is 412 Å². The average Bonchev–Trinajstić information content (AvgIpc) is 3.97. The number of hydrogen-bond donors (Lipinski definition) is 0. The maximum absolute atomic E-state index is 2.45. The Bertz CT molecular complexity index is 3800. The third-order valence-electron chi connectivity index (χ3n) is 14.7. The molecule has 3 heteroatoms. The molecule has 0 N–H and O–H groups in total. The van der Waals surface area contributed by atoms with E-state index >= 15 is 0 Å². The highest BCUT2D eigenvalue weighted by atomic mass is 32.1. The molecule has 2 aliphatic rings. The standard InChI is InChI=1S/C67H44N2S/c1-4-19-45(20-5-1)47-37-41-50(42-38-47)68(51-43-39-48(40-44-51)46-21-6-2-7-22-46)63-36-18-29-55-54-28-16-27-53(65(54)70-66(55)63)52-26-17-33-60-64(52)56-25-10-11-30-57(56)67(60)58-31-12-14-34-61(58)69(49-23-8-3-9-24-49)62-35-15-13-32-59(62)67/h1-44H. The van der Waals surface area contributed by atoms with E-state index in [4.69, 9.17) is 0 Å². The number of fused-ring (bicyclic) bond motifs is 12. The number of anilines is 6. The Morgan fingerprint density at radius 1 is 0.314 bits per heavy atom. The normalized spacial score (nSPS) is 12.9. The molecular weight excluding hydrogens is 865 g/mol. The van der Waals surface area contributed by atoms with Crippen LogP contribution in [0.3, 0.4) is 0 Å². The van der Waals surface area contributed by atoms with E-state index in [0.717, 1.165) is 22.7 Å². The van der Waals surface area contributed by atoms with Crippen LogP contribution in [0.5, 0.6) is 0 Å². The summed E-state index contributed by atoms with van der Waals surface area (Å²) < 4.78 is 2.54. The lowest BCUT2D eigenvalue weighted by atomic mass is 9.64. The van der Waals surface area contributed by atoms with Crippen LogP contribution < -0.4 is 9.80 Å². The largest absolute Gasteiger partial charge is 0.310 e. The minimum Gasteiger partial charge on any atom is -0.310 e. The molecule has 0 atom stereocenters. The van der Waals surface area contributed by atoms with Crippen LogP contribution in [-0.2, 0) is 5.41 Å². The molecular formula is C67H44N2S. The van der Waals surface area contributed by atoms with E-state index in [1.807, 2.05) is 11.3 Å². The SMILES string of the molecule is c1ccc(-c2ccc(N(c3ccc(-c4ccccc4)cc3)c3cccc4c3sc3c(-c5cccc6c5-c5ccccc5C65c6ccccc6N(c6ccccc6)c6ccccc65)cccc34)cc2)cc1.